The highest BCUT2D eigenvalue weighted by Crippen LogP contribution is 2.35. The molecule has 152 valence electrons. The molecule has 0 radical (unpaired) electrons. The van der Waals surface area contributed by atoms with Gasteiger partial charge in [-0.05, 0) is 54.8 Å². The lowest BCUT2D eigenvalue weighted by Crippen LogP contribution is -2.22. The molecule has 2 atom stereocenters. The second kappa shape index (κ2) is 8.70. The molecular weight excluding hydrogens is 375 g/mol. The second-order valence-corrected chi connectivity index (χ2v) is 7.06. The molecule has 0 heterocycles. The molecule has 0 saturated carbocycles. The number of halogens is 3. The Morgan fingerprint density at radius 3 is 2.00 bits per heavy atom. The van der Waals surface area contributed by atoms with Crippen molar-refractivity contribution in [3.63, 3.8) is 0 Å². The van der Waals surface area contributed by atoms with Gasteiger partial charge in [0.05, 0.1) is 12.7 Å². The average molecular weight is 399 g/mol. The van der Waals surface area contributed by atoms with Crippen molar-refractivity contribution in [3.8, 4) is 16.9 Å². The standard InChI is InChI=1S/C24H24F3NO/c1-16(18-7-5-4-6-8-18)28-17(2)20-11-14-23(29-3)22(15-20)19-9-12-21(13-10-19)24(25,26)27/h4-17,28H,1-3H3/t16-,17-/m1/s1. The zero-order valence-corrected chi connectivity index (χ0v) is 16.6. The smallest absolute Gasteiger partial charge is 0.416 e. The first-order chi connectivity index (χ1) is 13.8. The van der Waals surface area contributed by atoms with Crippen molar-refractivity contribution in [1.82, 2.24) is 5.32 Å². The predicted octanol–water partition coefficient (Wildman–Crippen LogP) is 6.79. The summed E-state index contributed by atoms with van der Waals surface area (Å²) in [6.07, 6.45) is -4.35. The second-order valence-electron chi connectivity index (χ2n) is 7.06. The molecule has 0 saturated heterocycles. The van der Waals surface area contributed by atoms with Gasteiger partial charge >= 0.3 is 6.18 Å². The van der Waals surface area contributed by atoms with E-state index in [1.165, 1.54) is 17.7 Å². The van der Waals surface area contributed by atoms with Crippen molar-refractivity contribution in [3.05, 3.63) is 89.5 Å². The minimum Gasteiger partial charge on any atom is -0.496 e. The zero-order valence-electron chi connectivity index (χ0n) is 16.6. The van der Waals surface area contributed by atoms with Gasteiger partial charge in [0.1, 0.15) is 5.75 Å². The Kier molecular flexibility index (Phi) is 6.28. The molecule has 0 bridgehead atoms. The van der Waals surface area contributed by atoms with Crippen LogP contribution >= 0.6 is 0 Å². The first-order valence-corrected chi connectivity index (χ1v) is 9.46. The van der Waals surface area contributed by atoms with E-state index in [1.54, 1.807) is 7.11 Å². The number of benzene rings is 3. The lowest BCUT2D eigenvalue weighted by molar-refractivity contribution is -0.137. The summed E-state index contributed by atoms with van der Waals surface area (Å²) < 4.78 is 44.0. The summed E-state index contributed by atoms with van der Waals surface area (Å²) in [5.74, 6) is 0.622. The van der Waals surface area contributed by atoms with Crippen molar-refractivity contribution in [2.75, 3.05) is 7.11 Å². The molecule has 0 aliphatic heterocycles. The molecule has 3 aromatic carbocycles. The number of ether oxygens (including phenoxy) is 1. The van der Waals surface area contributed by atoms with Crippen LogP contribution in [0.3, 0.4) is 0 Å². The normalized spacial score (nSPS) is 13.7. The molecule has 0 spiro atoms. The molecule has 0 unspecified atom stereocenters. The predicted molar refractivity (Wildman–Crippen MR) is 110 cm³/mol. The lowest BCUT2D eigenvalue weighted by atomic mass is 9.97. The van der Waals surface area contributed by atoms with Gasteiger partial charge in [0, 0.05) is 17.6 Å². The van der Waals surface area contributed by atoms with Crippen molar-refractivity contribution < 1.29 is 17.9 Å². The van der Waals surface area contributed by atoms with Crippen molar-refractivity contribution in [1.29, 1.82) is 0 Å². The first kappa shape index (κ1) is 20.9. The molecule has 0 aliphatic carbocycles. The fraction of sp³-hybridized carbons (Fsp3) is 0.250. The van der Waals surface area contributed by atoms with Crippen molar-refractivity contribution >= 4 is 0 Å². The largest absolute Gasteiger partial charge is 0.496 e. The molecule has 0 amide bonds. The van der Waals surface area contributed by atoms with E-state index < -0.39 is 11.7 Å². The van der Waals surface area contributed by atoms with Crippen molar-refractivity contribution in [2.45, 2.75) is 32.1 Å². The van der Waals surface area contributed by atoms with Gasteiger partial charge in [0.2, 0.25) is 0 Å². The van der Waals surface area contributed by atoms with Crippen LogP contribution in [0.25, 0.3) is 11.1 Å². The van der Waals surface area contributed by atoms with Crippen LogP contribution in [0, 0.1) is 0 Å². The Morgan fingerprint density at radius 1 is 0.793 bits per heavy atom. The maximum absolute atomic E-state index is 12.9. The highest BCUT2D eigenvalue weighted by Gasteiger charge is 2.30. The highest BCUT2D eigenvalue weighted by atomic mass is 19.4. The Balaban J connectivity index is 1.86. The molecule has 0 aliphatic rings. The van der Waals surface area contributed by atoms with E-state index in [-0.39, 0.29) is 12.1 Å². The molecule has 0 aromatic heterocycles. The molecule has 29 heavy (non-hydrogen) atoms. The third-order valence-electron chi connectivity index (χ3n) is 5.05. The molecule has 2 nitrogen and oxygen atoms in total. The Morgan fingerprint density at radius 2 is 1.41 bits per heavy atom. The fourth-order valence-electron chi connectivity index (χ4n) is 3.37. The van der Waals surface area contributed by atoms with E-state index in [9.17, 15) is 13.2 Å². The minimum atomic E-state index is -4.35. The van der Waals surface area contributed by atoms with Crippen LogP contribution < -0.4 is 10.1 Å². The lowest BCUT2D eigenvalue weighted by Gasteiger charge is -2.22. The number of nitrogens with one attached hydrogen (secondary N) is 1. The summed E-state index contributed by atoms with van der Waals surface area (Å²) >= 11 is 0. The average Bonchev–Trinajstić information content (AvgIpc) is 2.73. The zero-order chi connectivity index (χ0) is 21.0. The van der Waals surface area contributed by atoms with Crippen LogP contribution in [0.15, 0.2) is 72.8 Å². The highest BCUT2D eigenvalue weighted by molar-refractivity contribution is 5.71. The fourth-order valence-corrected chi connectivity index (χ4v) is 3.37. The maximum atomic E-state index is 12.9. The Bertz CT molecular complexity index is 937. The molecule has 3 aromatic rings. The molecular formula is C24H24F3NO. The summed E-state index contributed by atoms with van der Waals surface area (Å²) in [6.45, 7) is 4.17. The third-order valence-corrected chi connectivity index (χ3v) is 5.05. The van der Waals surface area contributed by atoms with Gasteiger partial charge in [0.15, 0.2) is 0 Å². The maximum Gasteiger partial charge on any atom is 0.416 e. The molecule has 0 fully saturated rings. The summed E-state index contributed by atoms with van der Waals surface area (Å²) in [5.41, 5.74) is 3.00. The van der Waals surface area contributed by atoms with E-state index in [0.29, 0.717) is 11.3 Å². The van der Waals surface area contributed by atoms with E-state index in [1.807, 2.05) is 36.4 Å². The monoisotopic (exact) mass is 399 g/mol. The number of alkyl halides is 3. The summed E-state index contributed by atoms with van der Waals surface area (Å²) in [4.78, 5) is 0. The number of methoxy groups -OCH3 is 1. The topological polar surface area (TPSA) is 21.3 Å². The molecule has 3 rings (SSSR count). The Hall–Kier alpha value is -2.79. The van der Waals surface area contributed by atoms with Crippen LogP contribution in [0.1, 0.15) is 42.6 Å². The third kappa shape index (κ3) is 4.98. The number of hydrogen-bond acceptors (Lipinski definition) is 2. The minimum absolute atomic E-state index is 0.0457. The first-order valence-electron chi connectivity index (χ1n) is 9.46. The quantitative estimate of drug-likeness (QED) is 0.493. The molecule has 1 N–H and O–H groups in total. The van der Waals surface area contributed by atoms with Crippen molar-refractivity contribution in [2.24, 2.45) is 0 Å². The van der Waals surface area contributed by atoms with Gasteiger partial charge in [0.25, 0.3) is 0 Å². The van der Waals surface area contributed by atoms with Gasteiger partial charge in [-0.1, -0.05) is 48.5 Å². The van der Waals surface area contributed by atoms with Gasteiger partial charge in [-0.3, -0.25) is 0 Å². The van der Waals surface area contributed by atoms with Gasteiger partial charge in [-0.15, -0.1) is 0 Å². The van der Waals surface area contributed by atoms with Gasteiger partial charge in [-0.25, -0.2) is 0 Å². The molecule has 5 heteroatoms. The Labute approximate surface area is 169 Å². The number of hydrogen-bond donors (Lipinski definition) is 1. The van der Waals surface area contributed by atoms with Crippen LogP contribution in [-0.2, 0) is 6.18 Å². The number of rotatable bonds is 6. The van der Waals surface area contributed by atoms with E-state index in [2.05, 4.69) is 31.3 Å². The van der Waals surface area contributed by atoms with E-state index in [0.717, 1.165) is 23.3 Å². The summed E-state index contributed by atoms with van der Waals surface area (Å²) in [5, 5.41) is 3.57. The SMILES string of the molecule is COc1ccc([C@@H](C)N[C@H](C)c2ccccc2)cc1-c1ccc(C(F)(F)F)cc1. The van der Waals surface area contributed by atoms with Crippen LogP contribution in [0.4, 0.5) is 13.2 Å². The van der Waals surface area contributed by atoms with Gasteiger partial charge < -0.3 is 10.1 Å². The van der Waals surface area contributed by atoms with E-state index in [4.69, 9.17) is 4.74 Å². The summed E-state index contributed by atoms with van der Waals surface area (Å²) in [7, 11) is 1.56. The summed E-state index contributed by atoms with van der Waals surface area (Å²) in [6, 6.07) is 21.3. The van der Waals surface area contributed by atoms with Crippen LogP contribution in [-0.4, -0.2) is 7.11 Å². The van der Waals surface area contributed by atoms with Gasteiger partial charge in [-0.2, -0.15) is 13.2 Å². The van der Waals surface area contributed by atoms with Crippen LogP contribution in [0.5, 0.6) is 5.75 Å². The van der Waals surface area contributed by atoms with Crippen LogP contribution in [0.2, 0.25) is 0 Å². The van der Waals surface area contributed by atoms with E-state index >= 15 is 0 Å².